The van der Waals surface area contributed by atoms with Gasteiger partial charge in [0.2, 0.25) is 0 Å². The first-order chi connectivity index (χ1) is 12.2. The van der Waals surface area contributed by atoms with Gasteiger partial charge in [0.1, 0.15) is 12.5 Å². The lowest BCUT2D eigenvalue weighted by atomic mass is 10.0. The van der Waals surface area contributed by atoms with Crippen LogP contribution in [-0.2, 0) is 24.9 Å². The minimum Gasteiger partial charge on any atom is -0.508 e. The fraction of sp³-hybridized carbons (Fsp3) is 0.474. The van der Waals surface area contributed by atoms with Crippen LogP contribution < -0.4 is 11.2 Å². The Morgan fingerprint density at radius 3 is 2.27 bits per heavy atom. The number of hydrogen-bond acceptors (Lipinski definition) is 4. The second-order valence-electron chi connectivity index (χ2n) is 7.65. The molecule has 1 heterocycles. The molecule has 2 rings (SSSR count). The first-order valence-electron chi connectivity index (χ1n) is 8.85. The van der Waals surface area contributed by atoms with Gasteiger partial charge in [0.05, 0.1) is 5.69 Å². The molecule has 6 nitrogen and oxygen atoms in total. The van der Waals surface area contributed by atoms with Gasteiger partial charge in [-0.05, 0) is 42.3 Å². The maximum absolute atomic E-state index is 12.9. The Morgan fingerprint density at radius 2 is 1.73 bits per heavy atom. The van der Waals surface area contributed by atoms with Crippen molar-refractivity contribution in [1.29, 1.82) is 0 Å². The number of aromatic nitrogens is 2. The normalized spacial score (nSPS) is 11.7. The molecule has 2 aromatic rings. The highest BCUT2D eigenvalue weighted by molar-refractivity contribution is 6.76. The summed E-state index contributed by atoms with van der Waals surface area (Å²) in [6.45, 7) is 9.17. The van der Waals surface area contributed by atoms with Crippen LogP contribution >= 0.6 is 0 Å². The molecule has 0 atom stereocenters. The Kier molecular flexibility index (Phi) is 6.25. The minimum absolute atomic E-state index is 0.0289. The van der Waals surface area contributed by atoms with Crippen LogP contribution in [0, 0.1) is 0 Å². The van der Waals surface area contributed by atoms with Crippen molar-refractivity contribution in [1.82, 2.24) is 9.13 Å². The lowest BCUT2D eigenvalue weighted by molar-refractivity contribution is 0.0805. The van der Waals surface area contributed by atoms with Gasteiger partial charge >= 0.3 is 5.69 Å². The van der Waals surface area contributed by atoms with Gasteiger partial charge in [-0.3, -0.25) is 9.36 Å². The Labute approximate surface area is 154 Å². The largest absolute Gasteiger partial charge is 0.508 e. The first-order valence-corrected chi connectivity index (χ1v) is 12.6. The summed E-state index contributed by atoms with van der Waals surface area (Å²) in [4.78, 5) is 25.6. The van der Waals surface area contributed by atoms with Gasteiger partial charge in [0.15, 0.2) is 0 Å². The average molecular weight is 377 g/mol. The molecule has 0 aliphatic rings. The molecule has 0 fully saturated rings. The zero-order valence-corrected chi connectivity index (χ0v) is 17.2. The summed E-state index contributed by atoms with van der Waals surface area (Å²) in [6.07, 6.45) is 0.498. The van der Waals surface area contributed by atoms with Crippen molar-refractivity contribution in [2.75, 3.05) is 6.61 Å². The van der Waals surface area contributed by atoms with Gasteiger partial charge in [-0.2, -0.15) is 0 Å². The molecule has 0 saturated carbocycles. The highest BCUT2D eigenvalue weighted by Gasteiger charge is 2.18. The van der Waals surface area contributed by atoms with E-state index < -0.39 is 13.8 Å². The lowest BCUT2D eigenvalue weighted by Crippen LogP contribution is -2.42. The van der Waals surface area contributed by atoms with E-state index in [2.05, 4.69) is 19.6 Å². The van der Waals surface area contributed by atoms with Crippen LogP contribution in [0.1, 0.15) is 12.5 Å². The van der Waals surface area contributed by atoms with E-state index in [4.69, 9.17) is 4.74 Å². The van der Waals surface area contributed by atoms with E-state index in [9.17, 15) is 14.7 Å². The zero-order chi connectivity index (χ0) is 19.5. The average Bonchev–Trinajstić information content (AvgIpc) is 2.57. The Hall–Kier alpha value is -2.12. The molecule has 0 amide bonds. The predicted molar refractivity (Wildman–Crippen MR) is 107 cm³/mol. The number of hydrogen-bond donors (Lipinski definition) is 1. The van der Waals surface area contributed by atoms with Crippen LogP contribution in [0.5, 0.6) is 5.75 Å². The molecule has 1 aromatic carbocycles. The standard InChI is InChI=1S/C19H28N2O4Si/c1-6-16-17(14-7-9-15(22)10-8-14)20(2)19(24)21(18(16)23)13-25-11-12-26(3,4)5/h7-10,22H,6,11-13H2,1-5H3. The first kappa shape index (κ1) is 20.2. The van der Waals surface area contributed by atoms with Crippen LogP contribution in [-0.4, -0.2) is 28.9 Å². The maximum Gasteiger partial charge on any atom is 0.333 e. The number of ether oxygens (including phenoxy) is 1. The van der Waals surface area contributed by atoms with Crippen LogP contribution in [0.4, 0.5) is 0 Å². The van der Waals surface area contributed by atoms with E-state index in [1.54, 1.807) is 31.3 Å². The van der Waals surface area contributed by atoms with Gasteiger partial charge < -0.3 is 9.84 Å². The van der Waals surface area contributed by atoms with E-state index in [1.807, 2.05) is 6.92 Å². The Balaban J connectivity index is 2.41. The summed E-state index contributed by atoms with van der Waals surface area (Å²) in [6, 6.07) is 7.48. The summed E-state index contributed by atoms with van der Waals surface area (Å²) < 4.78 is 8.26. The molecule has 0 aliphatic heterocycles. The minimum atomic E-state index is -1.23. The van der Waals surface area contributed by atoms with Crippen molar-refractivity contribution in [2.45, 2.75) is 45.8 Å². The van der Waals surface area contributed by atoms with Crippen molar-refractivity contribution < 1.29 is 9.84 Å². The second-order valence-corrected chi connectivity index (χ2v) is 13.3. The summed E-state index contributed by atoms with van der Waals surface area (Å²) in [5.41, 5.74) is 1.16. The van der Waals surface area contributed by atoms with E-state index in [0.717, 1.165) is 16.2 Å². The molecule has 0 saturated heterocycles. The molecule has 0 spiro atoms. The molecule has 0 aliphatic carbocycles. The van der Waals surface area contributed by atoms with Gasteiger partial charge in [-0.25, -0.2) is 9.36 Å². The molecule has 0 bridgehead atoms. The highest BCUT2D eigenvalue weighted by atomic mass is 28.3. The molecule has 0 radical (unpaired) electrons. The topological polar surface area (TPSA) is 73.5 Å². The summed E-state index contributed by atoms with van der Waals surface area (Å²) in [7, 11) is 0.429. The van der Waals surface area contributed by atoms with Crippen LogP contribution in [0.15, 0.2) is 33.9 Å². The van der Waals surface area contributed by atoms with E-state index in [-0.39, 0.29) is 18.0 Å². The van der Waals surface area contributed by atoms with Crippen molar-refractivity contribution in [3.63, 3.8) is 0 Å². The van der Waals surface area contributed by atoms with Crippen molar-refractivity contribution in [2.24, 2.45) is 7.05 Å². The van der Waals surface area contributed by atoms with Gasteiger partial charge in [-0.15, -0.1) is 0 Å². The van der Waals surface area contributed by atoms with Crippen molar-refractivity contribution >= 4 is 8.07 Å². The zero-order valence-electron chi connectivity index (χ0n) is 16.2. The molecular formula is C19H28N2O4Si. The smallest absolute Gasteiger partial charge is 0.333 e. The fourth-order valence-corrected chi connectivity index (χ4v) is 3.54. The fourth-order valence-electron chi connectivity index (χ4n) is 2.78. The van der Waals surface area contributed by atoms with Crippen LogP contribution in [0.3, 0.4) is 0 Å². The lowest BCUT2D eigenvalue weighted by Gasteiger charge is -2.18. The molecule has 1 aromatic heterocycles. The predicted octanol–water partition coefficient (Wildman–Crippen LogP) is 2.79. The van der Waals surface area contributed by atoms with E-state index >= 15 is 0 Å². The molecule has 0 unspecified atom stereocenters. The molecule has 26 heavy (non-hydrogen) atoms. The Morgan fingerprint density at radius 1 is 1.12 bits per heavy atom. The monoisotopic (exact) mass is 376 g/mol. The number of phenolic OH excluding ortho intramolecular Hbond substituents is 1. The second kappa shape index (κ2) is 8.05. The number of nitrogens with zero attached hydrogens (tertiary/aromatic N) is 2. The van der Waals surface area contributed by atoms with Gasteiger partial charge in [0.25, 0.3) is 5.56 Å². The highest BCUT2D eigenvalue weighted by Crippen LogP contribution is 2.22. The van der Waals surface area contributed by atoms with Gasteiger partial charge in [0, 0.05) is 27.3 Å². The van der Waals surface area contributed by atoms with Crippen LogP contribution in [0.2, 0.25) is 25.7 Å². The maximum atomic E-state index is 12.9. The number of rotatable bonds is 7. The van der Waals surface area contributed by atoms with Gasteiger partial charge in [-0.1, -0.05) is 26.6 Å². The third-order valence-corrected chi connectivity index (χ3v) is 6.06. The van der Waals surface area contributed by atoms with Crippen molar-refractivity contribution in [3.05, 3.63) is 50.7 Å². The molecule has 7 heteroatoms. The molecule has 1 N–H and O–H groups in total. The summed E-state index contributed by atoms with van der Waals surface area (Å²) in [5.74, 6) is 0.140. The van der Waals surface area contributed by atoms with Crippen LogP contribution in [0.25, 0.3) is 11.3 Å². The molecule has 142 valence electrons. The van der Waals surface area contributed by atoms with E-state index in [0.29, 0.717) is 24.3 Å². The third kappa shape index (κ3) is 4.53. The quantitative estimate of drug-likeness (QED) is 0.596. The van der Waals surface area contributed by atoms with E-state index in [1.165, 1.54) is 4.57 Å². The molecular weight excluding hydrogens is 348 g/mol. The summed E-state index contributed by atoms with van der Waals surface area (Å²) >= 11 is 0. The number of aromatic hydroxyl groups is 1. The van der Waals surface area contributed by atoms with Crippen molar-refractivity contribution in [3.8, 4) is 17.0 Å². The number of benzene rings is 1. The Bertz CT molecular complexity index is 877. The SMILES string of the molecule is CCc1c(-c2ccc(O)cc2)n(C)c(=O)n(COCC[Si](C)(C)C)c1=O. The third-order valence-electron chi connectivity index (χ3n) is 4.35. The summed E-state index contributed by atoms with van der Waals surface area (Å²) in [5, 5.41) is 9.48. The number of phenols is 1.